The van der Waals surface area contributed by atoms with E-state index in [4.69, 9.17) is 23.3 Å². The lowest BCUT2D eigenvalue weighted by Crippen LogP contribution is -2.44. The van der Waals surface area contributed by atoms with Crippen LogP contribution in [0.1, 0.15) is 51.4 Å². The molecule has 26 heteroatoms. The number of nitro benzene ring substituents is 1. The summed E-state index contributed by atoms with van der Waals surface area (Å²) in [5, 5.41) is 13.5. The highest BCUT2D eigenvalue weighted by Gasteiger charge is 2.26. The smallest absolute Gasteiger partial charge is 0.449 e. The summed E-state index contributed by atoms with van der Waals surface area (Å²) in [6.07, 6.45) is 3.29. The molecule has 0 bridgehead atoms. The quantitative estimate of drug-likeness (QED) is 0.0178. The zero-order valence-corrected chi connectivity index (χ0v) is 40.7. The number of likely N-dealkylation sites (tertiary alicyclic amines) is 2. The van der Waals surface area contributed by atoms with Crippen molar-refractivity contribution in [2.45, 2.75) is 51.4 Å². The minimum absolute atomic E-state index is 0.00171. The zero-order valence-electron chi connectivity index (χ0n) is 35.8. The Morgan fingerprint density at radius 1 is 0.766 bits per heavy atom. The molecule has 1 aromatic carbocycles. The molecule has 2 aliphatic heterocycles. The van der Waals surface area contributed by atoms with Gasteiger partial charge in [0.15, 0.2) is 0 Å². The third-order valence-corrected chi connectivity index (χ3v) is 16.4. The van der Waals surface area contributed by atoms with Crippen LogP contribution < -0.4 is 10.1 Å². The Balaban J connectivity index is 1.39. The summed E-state index contributed by atoms with van der Waals surface area (Å²) >= 11 is 3.23. The second-order valence-corrected chi connectivity index (χ2v) is 23.3. The Kier molecular flexibility index (Phi) is 26.5. The molecule has 2 saturated heterocycles. The number of carbonyl (C=O) groups is 4. The van der Waals surface area contributed by atoms with Crippen molar-refractivity contribution in [3.63, 3.8) is 0 Å². The topological polar surface area (TPSA) is 270 Å². The lowest BCUT2D eigenvalue weighted by Gasteiger charge is -2.34. The summed E-state index contributed by atoms with van der Waals surface area (Å²) in [5.74, 6) is 3.81. The minimum atomic E-state index is -3.98. The van der Waals surface area contributed by atoms with Gasteiger partial charge in [0.2, 0.25) is 11.8 Å². The van der Waals surface area contributed by atoms with E-state index in [1.54, 1.807) is 23.5 Å². The number of non-ortho nitro benzene ring substituents is 1. The van der Waals surface area contributed by atoms with Crippen LogP contribution in [-0.4, -0.2) is 181 Å². The van der Waals surface area contributed by atoms with Gasteiger partial charge in [-0.25, -0.2) is 9.59 Å². The van der Waals surface area contributed by atoms with Gasteiger partial charge in [-0.15, -0.1) is 0 Å². The Labute approximate surface area is 392 Å². The molecule has 3 N–H and O–H groups in total. The van der Waals surface area contributed by atoms with E-state index in [1.807, 2.05) is 14.7 Å². The van der Waals surface area contributed by atoms with Gasteiger partial charge in [-0.05, 0) is 85.5 Å². The Bertz CT molecular complexity index is 1750. The fourth-order valence-electron chi connectivity index (χ4n) is 6.78. The number of ether oxygens (including phenoxy) is 3. The van der Waals surface area contributed by atoms with Crippen LogP contribution in [-0.2, 0) is 39.3 Å². The highest BCUT2D eigenvalue weighted by molar-refractivity contribution is 8.76. The highest BCUT2D eigenvalue weighted by Crippen LogP contribution is 2.24. The van der Waals surface area contributed by atoms with Crippen molar-refractivity contribution < 1.29 is 64.3 Å². The maximum absolute atomic E-state index is 13.4. The first kappa shape index (κ1) is 55.6. The van der Waals surface area contributed by atoms with E-state index in [9.17, 15) is 46.1 Å². The van der Waals surface area contributed by atoms with Crippen molar-refractivity contribution in [2.75, 3.05) is 112 Å². The van der Waals surface area contributed by atoms with Crippen molar-refractivity contribution in [3.05, 3.63) is 34.4 Å². The number of nitrogens with one attached hydrogen (secondary N) is 1. The molecule has 20 nitrogen and oxygen atoms in total. The maximum Gasteiger partial charge on any atom is 0.513 e. The minimum Gasteiger partial charge on any atom is -0.449 e. The van der Waals surface area contributed by atoms with Crippen LogP contribution in [0, 0.1) is 22.0 Å². The van der Waals surface area contributed by atoms with Crippen LogP contribution in [0.3, 0.4) is 0 Å². The summed E-state index contributed by atoms with van der Waals surface area (Å²) in [4.78, 5) is 67.1. The van der Waals surface area contributed by atoms with E-state index in [-0.39, 0.29) is 79.2 Å². The number of carbonyl (C=O) groups excluding carboxylic acids is 4. The number of thioether (sulfide) groups is 2. The van der Waals surface area contributed by atoms with E-state index in [1.165, 1.54) is 45.9 Å². The van der Waals surface area contributed by atoms with E-state index in [0.717, 1.165) is 37.2 Å². The van der Waals surface area contributed by atoms with Gasteiger partial charge in [0.1, 0.15) is 19.0 Å². The fourth-order valence-corrected chi connectivity index (χ4v) is 12.1. The van der Waals surface area contributed by atoms with Gasteiger partial charge in [-0.1, -0.05) is 21.6 Å². The number of benzene rings is 1. The number of nitro groups is 1. The number of rotatable bonds is 30. The SMILES string of the molecule is O=C(NCCN(CCC(=O)N1CCCC(CSCCCS(=O)(=O)O)C1)CCC(=O)N1CCCC(CSCCCS(=O)(=O)O)C1)OCCSSCCOC(=O)Oc1ccc([N+](=O)[O-])cc1. The summed E-state index contributed by atoms with van der Waals surface area (Å²) in [7, 11) is -5.15. The van der Waals surface area contributed by atoms with Crippen LogP contribution in [0.15, 0.2) is 24.3 Å². The molecule has 2 unspecified atom stereocenters. The summed E-state index contributed by atoms with van der Waals surface area (Å²) in [6.45, 7) is 4.04. The van der Waals surface area contributed by atoms with Gasteiger partial charge >= 0.3 is 12.2 Å². The van der Waals surface area contributed by atoms with Crippen LogP contribution in [0.25, 0.3) is 0 Å². The number of hydrogen-bond donors (Lipinski definition) is 3. The first-order chi connectivity index (χ1) is 30.5. The van der Waals surface area contributed by atoms with Gasteiger partial charge < -0.3 is 34.2 Å². The highest BCUT2D eigenvalue weighted by atomic mass is 33.1. The monoisotopic (exact) mass is 1020 g/mol. The first-order valence-corrected chi connectivity index (χ1v) is 29.1. The van der Waals surface area contributed by atoms with E-state index in [2.05, 4.69) is 5.32 Å². The zero-order chi connectivity index (χ0) is 46.8. The van der Waals surface area contributed by atoms with Gasteiger partial charge in [0.25, 0.3) is 25.9 Å². The van der Waals surface area contributed by atoms with Crippen LogP contribution in [0.2, 0.25) is 0 Å². The maximum atomic E-state index is 13.4. The molecule has 3 rings (SSSR count). The average Bonchev–Trinajstić information content (AvgIpc) is 3.24. The Hall–Kier alpha value is -2.72. The molecule has 0 aliphatic carbocycles. The van der Waals surface area contributed by atoms with Crippen molar-refractivity contribution in [1.29, 1.82) is 0 Å². The molecule has 0 aromatic heterocycles. The molecule has 0 saturated carbocycles. The summed E-state index contributed by atoms with van der Waals surface area (Å²) < 4.78 is 77.2. The number of nitrogens with zero attached hydrogens (tertiary/aromatic N) is 4. The molecule has 2 aliphatic rings. The fraction of sp³-hybridized carbons (Fsp3) is 0.737. The van der Waals surface area contributed by atoms with Crippen LogP contribution in [0.4, 0.5) is 15.3 Å². The lowest BCUT2D eigenvalue weighted by atomic mass is 9.99. The van der Waals surface area contributed by atoms with E-state index >= 15 is 0 Å². The van der Waals surface area contributed by atoms with E-state index < -0.39 is 37.4 Å². The van der Waals surface area contributed by atoms with E-state index in [0.29, 0.717) is 81.7 Å². The second kappa shape index (κ2) is 30.5. The molecule has 0 spiro atoms. The number of amides is 3. The third kappa shape index (κ3) is 25.8. The Morgan fingerprint density at radius 3 is 1.75 bits per heavy atom. The van der Waals surface area contributed by atoms with Gasteiger partial charge in [-0.3, -0.25) is 28.8 Å². The Morgan fingerprint density at radius 2 is 1.27 bits per heavy atom. The number of alkyl carbamates (subject to hydrolysis) is 1. The molecule has 64 heavy (non-hydrogen) atoms. The molecule has 2 heterocycles. The molecule has 0 radical (unpaired) electrons. The second-order valence-electron chi connectivity index (χ2n) is 15.1. The molecule has 2 atom stereocenters. The van der Waals surface area contributed by atoms with Gasteiger partial charge in [0, 0.05) is 88.8 Å². The third-order valence-electron chi connectivity index (χ3n) is 9.93. The van der Waals surface area contributed by atoms with Crippen LogP contribution >= 0.6 is 45.1 Å². The van der Waals surface area contributed by atoms with Crippen molar-refractivity contribution in [1.82, 2.24) is 20.0 Å². The van der Waals surface area contributed by atoms with Gasteiger partial charge in [-0.2, -0.15) is 40.4 Å². The first-order valence-electron chi connectivity index (χ1n) is 21.0. The standard InChI is InChI=1S/C38H61N5O15S6/c44-35(41-14-1-5-31(27-41)29-59-21-3-25-63(50,51)52)11-16-40(17-12-36(45)42-15-2-6-32(28-42)30-60-22-4-26-64(53,54)55)18-13-39-37(46)56-19-23-61-62-24-20-57-38(47)58-34-9-7-33(8-10-34)43(48)49/h7-10,31-32H,1-6,11-30H2,(H,39,46)(H,50,51,52)(H,53,54,55). The molecule has 2 fully saturated rings. The molecule has 3 amide bonds. The molecule has 364 valence electrons. The predicted molar refractivity (Wildman–Crippen MR) is 250 cm³/mol. The van der Waals surface area contributed by atoms with Crippen molar-refractivity contribution in [2.24, 2.45) is 11.8 Å². The molecular formula is C38H61N5O15S6. The van der Waals surface area contributed by atoms with Crippen molar-refractivity contribution in [3.8, 4) is 5.75 Å². The van der Waals surface area contributed by atoms with Crippen molar-refractivity contribution >= 4 is 95.1 Å². The number of piperidine rings is 2. The predicted octanol–water partition coefficient (Wildman–Crippen LogP) is 4.80. The molecular weight excluding hydrogens is 959 g/mol. The summed E-state index contributed by atoms with van der Waals surface area (Å²) in [5.41, 5.74) is -0.135. The largest absolute Gasteiger partial charge is 0.513 e. The van der Waals surface area contributed by atoms with Crippen LogP contribution in [0.5, 0.6) is 5.75 Å². The normalized spacial score (nSPS) is 16.9. The average molecular weight is 1020 g/mol. The lowest BCUT2D eigenvalue weighted by molar-refractivity contribution is -0.384. The summed E-state index contributed by atoms with van der Waals surface area (Å²) in [6, 6.07) is 5.01. The van der Waals surface area contributed by atoms with Gasteiger partial charge in [0.05, 0.1) is 16.4 Å². The molecule has 1 aromatic rings. The number of hydrogen-bond acceptors (Lipinski definition) is 18.